The monoisotopic (exact) mass is 261 g/mol. The molecular weight excluding hydrogens is 242 g/mol. The smallest absolute Gasteiger partial charge is 0.222 e. The van der Waals surface area contributed by atoms with E-state index in [9.17, 15) is 4.79 Å². The molecule has 1 aromatic carbocycles. The van der Waals surface area contributed by atoms with Gasteiger partial charge in [-0.2, -0.15) is 0 Å². The van der Waals surface area contributed by atoms with E-state index in [-0.39, 0.29) is 12.5 Å². The van der Waals surface area contributed by atoms with E-state index >= 15 is 0 Å². The molecule has 4 heteroatoms. The molecule has 0 spiro atoms. The van der Waals surface area contributed by atoms with Gasteiger partial charge < -0.3 is 14.4 Å². The second-order valence-electron chi connectivity index (χ2n) is 4.27. The van der Waals surface area contributed by atoms with Crippen LogP contribution in [0.15, 0.2) is 18.2 Å². The Morgan fingerprint density at radius 1 is 1.37 bits per heavy atom. The Balaban J connectivity index is 2.71. The van der Waals surface area contributed by atoms with Crippen LogP contribution in [0.3, 0.4) is 0 Å². The summed E-state index contributed by atoms with van der Waals surface area (Å²) < 4.78 is 10.6. The van der Waals surface area contributed by atoms with Crippen LogP contribution in [0.1, 0.15) is 12.0 Å². The largest absolute Gasteiger partial charge is 0.493 e. The molecule has 1 rings (SSSR count). The first-order chi connectivity index (χ1) is 9.08. The topological polar surface area (TPSA) is 38.8 Å². The van der Waals surface area contributed by atoms with Crippen LogP contribution in [0.25, 0.3) is 0 Å². The fourth-order valence-corrected chi connectivity index (χ4v) is 1.58. The molecule has 102 valence electrons. The molecule has 0 fully saturated rings. The maximum Gasteiger partial charge on any atom is 0.222 e. The average molecular weight is 261 g/mol. The van der Waals surface area contributed by atoms with Crippen molar-refractivity contribution in [3.63, 3.8) is 0 Å². The summed E-state index contributed by atoms with van der Waals surface area (Å²) in [5.74, 6) is 3.75. The number of benzene rings is 1. The Morgan fingerprint density at radius 3 is 2.68 bits per heavy atom. The van der Waals surface area contributed by atoms with E-state index in [1.54, 1.807) is 26.1 Å². The third kappa shape index (κ3) is 4.55. The third-order valence-corrected chi connectivity index (χ3v) is 2.67. The van der Waals surface area contributed by atoms with Crippen molar-refractivity contribution in [2.24, 2.45) is 0 Å². The number of terminal acetylenes is 1. The molecule has 4 nitrogen and oxygen atoms in total. The van der Waals surface area contributed by atoms with Crippen molar-refractivity contribution in [1.82, 2.24) is 4.90 Å². The Morgan fingerprint density at radius 2 is 2.11 bits per heavy atom. The van der Waals surface area contributed by atoms with Gasteiger partial charge in [-0.3, -0.25) is 4.79 Å². The highest BCUT2D eigenvalue weighted by atomic mass is 16.5. The van der Waals surface area contributed by atoms with Crippen LogP contribution >= 0.6 is 0 Å². The van der Waals surface area contributed by atoms with E-state index in [1.165, 1.54) is 0 Å². The molecule has 19 heavy (non-hydrogen) atoms. The summed E-state index contributed by atoms with van der Waals surface area (Å²) in [4.78, 5) is 13.1. The zero-order valence-corrected chi connectivity index (χ0v) is 11.6. The Kier molecular flexibility index (Phi) is 5.74. The standard InChI is InChI=1S/C15H19NO3/c1-5-10-19-13-8-6-12(11-14(13)18-4)7-9-15(17)16(2)3/h1,6,8,11H,7,9-10H2,2-4H3. The Labute approximate surface area is 114 Å². The van der Waals surface area contributed by atoms with E-state index in [0.717, 1.165) is 5.56 Å². The lowest BCUT2D eigenvalue weighted by atomic mass is 10.1. The van der Waals surface area contributed by atoms with E-state index < -0.39 is 0 Å². The van der Waals surface area contributed by atoms with Crippen molar-refractivity contribution in [2.75, 3.05) is 27.8 Å². The van der Waals surface area contributed by atoms with Gasteiger partial charge in [0.1, 0.15) is 6.61 Å². The fraction of sp³-hybridized carbons (Fsp3) is 0.400. The summed E-state index contributed by atoms with van der Waals surface area (Å²) in [6.07, 6.45) is 6.29. The van der Waals surface area contributed by atoms with Gasteiger partial charge in [-0.05, 0) is 24.1 Å². The van der Waals surface area contributed by atoms with Crippen LogP contribution < -0.4 is 9.47 Å². The number of nitrogens with zero attached hydrogens (tertiary/aromatic N) is 1. The molecule has 0 heterocycles. The highest BCUT2D eigenvalue weighted by Crippen LogP contribution is 2.28. The summed E-state index contributed by atoms with van der Waals surface area (Å²) >= 11 is 0. The average Bonchev–Trinajstić information content (AvgIpc) is 2.42. The SMILES string of the molecule is C#CCOc1ccc(CCC(=O)N(C)C)cc1OC. The maximum absolute atomic E-state index is 11.5. The highest BCUT2D eigenvalue weighted by molar-refractivity contribution is 5.75. The van der Waals surface area contributed by atoms with Crippen molar-refractivity contribution >= 4 is 5.91 Å². The summed E-state index contributed by atoms with van der Waals surface area (Å²) in [5, 5.41) is 0. The predicted octanol–water partition coefficient (Wildman–Crippen LogP) is 1.73. The van der Waals surface area contributed by atoms with Crippen LogP contribution in [0.2, 0.25) is 0 Å². The molecule has 0 aliphatic rings. The molecule has 1 aromatic rings. The zero-order valence-electron chi connectivity index (χ0n) is 11.6. The molecule has 1 amide bonds. The summed E-state index contributed by atoms with van der Waals surface area (Å²) in [6, 6.07) is 5.59. The van der Waals surface area contributed by atoms with Crippen LogP contribution in [-0.2, 0) is 11.2 Å². The summed E-state index contributed by atoms with van der Waals surface area (Å²) in [5.41, 5.74) is 1.03. The number of rotatable bonds is 6. The van der Waals surface area contributed by atoms with E-state index in [1.807, 2.05) is 18.2 Å². The minimum absolute atomic E-state index is 0.103. The van der Waals surface area contributed by atoms with Gasteiger partial charge in [0.25, 0.3) is 0 Å². The van der Waals surface area contributed by atoms with Crippen molar-refractivity contribution in [3.8, 4) is 23.8 Å². The lowest BCUT2D eigenvalue weighted by Gasteiger charge is -2.12. The van der Waals surface area contributed by atoms with Crippen LogP contribution in [0, 0.1) is 12.3 Å². The van der Waals surface area contributed by atoms with E-state index in [0.29, 0.717) is 24.3 Å². The molecule has 0 aromatic heterocycles. The first-order valence-corrected chi connectivity index (χ1v) is 6.01. The number of carbonyl (C=O) groups excluding carboxylic acids is 1. The molecule has 0 radical (unpaired) electrons. The molecule has 0 saturated heterocycles. The quantitative estimate of drug-likeness (QED) is 0.732. The van der Waals surface area contributed by atoms with Gasteiger partial charge in [0.05, 0.1) is 7.11 Å². The fourth-order valence-electron chi connectivity index (χ4n) is 1.58. The van der Waals surface area contributed by atoms with Gasteiger partial charge in [0.2, 0.25) is 5.91 Å². The number of hydrogen-bond acceptors (Lipinski definition) is 3. The van der Waals surface area contributed by atoms with E-state index in [2.05, 4.69) is 5.92 Å². The first-order valence-electron chi connectivity index (χ1n) is 6.01. The molecule has 0 aliphatic carbocycles. The number of carbonyl (C=O) groups is 1. The van der Waals surface area contributed by atoms with Gasteiger partial charge in [0.15, 0.2) is 11.5 Å². The van der Waals surface area contributed by atoms with Gasteiger partial charge in [-0.15, -0.1) is 6.42 Å². The maximum atomic E-state index is 11.5. The third-order valence-electron chi connectivity index (χ3n) is 2.67. The van der Waals surface area contributed by atoms with Crippen molar-refractivity contribution in [2.45, 2.75) is 12.8 Å². The minimum Gasteiger partial charge on any atom is -0.493 e. The Bertz CT molecular complexity index is 475. The van der Waals surface area contributed by atoms with Crippen LogP contribution in [0.4, 0.5) is 0 Å². The van der Waals surface area contributed by atoms with Crippen LogP contribution in [-0.4, -0.2) is 38.6 Å². The number of methoxy groups -OCH3 is 1. The molecule has 0 atom stereocenters. The molecular formula is C15H19NO3. The molecule has 0 saturated carbocycles. The number of amides is 1. The highest BCUT2D eigenvalue weighted by Gasteiger charge is 2.08. The second-order valence-corrected chi connectivity index (χ2v) is 4.27. The second kappa shape index (κ2) is 7.32. The summed E-state index contributed by atoms with van der Waals surface area (Å²) in [6.45, 7) is 0.203. The van der Waals surface area contributed by atoms with Gasteiger partial charge in [0, 0.05) is 20.5 Å². The van der Waals surface area contributed by atoms with Gasteiger partial charge in [-0.25, -0.2) is 0 Å². The predicted molar refractivity (Wildman–Crippen MR) is 74.3 cm³/mol. The first kappa shape index (κ1) is 14.9. The normalized spacial score (nSPS) is 9.58. The zero-order chi connectivity index (χ0) is 14.3. The van der Waals surface area contributed by atoms with Crippen molar-refractivity contribution < 1.29 is 14.3 Å². The minimum atomic E-state index is 0.103. The lowest BCUT2D eigenvalue weighted by molar-refractivity contribution is -0.128. The summed E-state index contributed by atoms with van der Waals surface area (Å²) in [7, 11) is 5.08. The van der Waals surface area contributed by atoms with Crippen molar-refractivity contribution in [3.05, 3.63) is 23.8 Å². The van der Waals surface area contributed by atoms with Crippen LogP contribution in [0.5, 0.6) is 11.5 Å². The Hall–Kier alpha value is -2.15. The number of ether oxygens (including phenoxy) is 2. The molecule has 0 N–H and O–H groups in total. The molecule has 0 bridgehead atoms. The lowest BCUT2D eigenvalue weighted by Crippen LogP contribution is -2.21. The van der Waals surface area contributed by atoms with Crippen molar-refractivity contribution in [1.29, 1.82) is 0 Å². The van der Waals surface area contributed by atoms with Gasteiger partial charge in [-0.1, -0.05) is 12.0 Å². The number of aryl methyl sites for hydroxylation is 1. The number of hydrogen-bond donors (Lipinski definition) is 0. The van der Waals surface area contributed by atoms with E-state index in [4.69, 9.17) is 15.9 Å². The molecule has 0 unspecified atom stereocenters. The molecule has 0 aliphatic heterocycles. The van der Waals surface area contributed by atoms with Gasteiger partial charge >= 0.3 is 0 Å².